The van der Waals surface area contributed by atoms with Crippen molar-refractivity contribution in [3.63, 3.8) is 0 Å². The molecule has 114 valence electrons. The van der Waals surface area contributed by atoms with E-state index in [4.69, 9.17) is 15.6 Å². The summed E-state index contributed by atoms with van der Waals surface area (Å²) in [7, 11) is 0. The number of ether oxygens (including phenoxy) is 1. The molecule has 1 aliphatic rings. The molecule has 2 aromatic rings. The third kappa shape index (κ3) is 2.95. The van der Waals surface area contributed by atoms with Gasteiger partial charge in [-0.25, -0.2) is 4.98 Å². The highest BCUT2D eigenvalue weighted by Gasteiger charge is 2.26. The maximum Gasteiger partial charge on any atom is 0.111 e. The number of hydrogen-bond donors (Lipinski definition) is 2. The molecule has 5 heteroatoms. The number of hydrogen-bond acceptors (Lipinski definition) is 4. The number of benzene rings is 1. The summed E-state index contributed by atoms with van der Waals surface area (Å²) in [6, 6.07) is 8.56. The van der Waals surface area contributed by atoms with Gasteiger partial charge in [0.05, 0.1) is 17.6 Å². The highest BCUT2D eigenvalue weighted by molar-refractivity contribution is 5.75. The molecule has 3 rings (SSSR count). The van der Waals surface area contributed by atoms with E-state index >= 15 is 0 Å². The van der Waals surface area contributed by atoms with E-state index in [9.17, 15) is 0 Å². The van der Waals surface area contributed by atoms with Gasteiger partial charge in [-0.05, 0) is 25.0 Å². The summed E-state index contributed by atoms with van der Waals surface area (Å²) in [5.41, 5.74) is 5.26. The molecule has 0 saturated carbocycles. The fraction of sp³-hybridized carbons (Fsp3) is 0.562. The zero-order valence-electron chi connectivity index (χ0n) is 12.6. The van der Waals surface area contributed by atoms with E-state index in [1.807, 2.05) is 6.07 Å². The fourth-order valence-corrected chi connectivity index (χ4v) is 3.18. The number of nitrogens with zero attached hydrogens (tertiary/aromatic N) is 2. The summed E-state index contributed by atoms with van der Waals surface area (Å²) in [6.07, 6.45) is 3.02. The molecule has 1 saturated heterocycles. The van der Waals surface area contributed by atoms with E-state index in [0.29, 0.717) is 5.92 Å². The number of para-hydroxylation sites is 2. The van der Waals surface area contributed by atoms with Crippen molar-refractivity contribution >= 4 is 11.0 Å². The minimum Gasteiger partial charge on any atom is -0.381 e. The van der Waals surface area contributed by atoms with Gasteiger partial charge in [0.1, 0.15) is 5.82 Å². The van der Waals surface area contributed by atoms with Crippen LogP contribution >= 0.6 is 0 Å². The summed E-state index contributed by atoms with van der Waals surface area (Å²) >= 11 is 0. The molecule has 0 aliphatic carbocycles. The minimum atomic E-state index is 0.222. The Morgan fingerprint density at radius 1 is 1.48 bits per heavy atom. The van der Waals surface area contributed by atoms with Crippen LogP contribution in [0.3, 0.4) is 0 Å². The number of hydrazine groups is 1. The number of fused-ring (bicyclic) bond motifs is 1. The molecule has 21 heavy (non-hydrogen) atoms. The molecule has 3 N–H and O–H groups in total. The Morgan fingerprint density at radius 2 is 2.33 bits per heavy atom. The van der Waals surface area contributed by atoms with Gasteiger partial charge in [-0.1, -0.05) is 19.1 Å². The lowest BCUT2D eigenvalue weighted by molar-refractivity contribution is 0.176. The van der Waals surface area contributed by atoms with Crippen LogP contribution in [0.4, 0.5) is 0 Å². The first-order chi connectivity index (χ1) is 10.3. The molecular formula is C16H24N4O. The predicted octanol–water partition coefficient (Wildman–Crippen LogP) is 1.86. The highest BCUT2D eigenvalue weighted by atomic mass is 16.5. The van der Waals surface area contributed by atoms with Gasteiger partial charge in [-0.3, -0.25) is 11.3 Å². The topological polar surface area (TPSA) is 65.1 Å². The van der Waals surface area contributed by atoms with Crippen molar-refractivity contribution in [2.24, 2.45) is 11.8 Å². The van der Waals surface area contributed by atoms with Crippen molar-refractivity contribution in [1.29, 1.82) is 0 Å². The highest BCUT2D eigenvalue weighted by Crippen LogP contribution is 2.22. The van der Waals surface area contributed by atoms with Crippen molar-refractivity contribution in [2.45, 2.75) is 38.8 Å². The first-order valence-electron chi connectivity index (χ1n) is 7.81. The molecule has 0 radical (unpaired) electrons. The second-order valence-corrected chi connectivity index (χ2v) is 5.77. The summed E-state index contributed by atoms with van der Waals surface area (Å²) in [4.78, 5) is 4.82. The van der Waals surface area contributed by atoms with Crippen molar-refractivity contribution in [2.75, 3.05) is 13.2 Å². The quantitative estimate of drug-likeness (QED) is 0.629. The molecule has 2 atom stereocenters. The average Bonchev–Trinajstić information content (AvgIpc) is 3.14. The first kappa shape index (κ1) is 14.5. The number of imidazole rings is 1. The molecule has 1 aromatic heterocycles. The lowest BCUT2D eigenvalue weighted by Crippen LogP contribution is -2.43. The second kappa shape index (κ2) is 6.56. The summed E-state index contributed by atoms with van der Waals surface area (Å²) < 4.78 is 7.82. The molecule has 1 aromatic carbocycles. The Labute approximate surface area is 125 Å². The van der Waals surface area contributed by atoms with Gasteiger partial charge in [0.2, 0.25) is 0 Å². The third-order valence-electron chi connectivity index (χ3n) is 4.33. The van der Waals surface area contributed by atoms with Gasteiger partial charge >= 0.3 is 0 Å². The number of rotatable bonds is 6. The summed E-state index contributed by atoms with van der Waals surface area (Å²) in [5, 5.41) is 0. The number of aromatic nitrogens is 2. The molecule has 2 heterocycles. The Balaban J connectivity index is 1.89. The number of aryl methyl sites for hydroxylation is 1. The second-order valence-electron chi connectivity index (χ2n) is 5.77. The lowest BCUT2D eigenvalue weighted by atomic mass is 9.96. The van der Waals surface area contributed by atoms with E-state index < -0.39 is 0 Å². The van der Waals surface area contributed by atoms with E-state index in [2.05, 4.69) is 35.1 Å². The van der Waals surface area contributed by atoms with Crippen molar-refractivity contribution in [1.82, 2.24) is 15.0 Å². The van der Waals surface area contributed by atoms with Crippen molar-refractivity contribution in [3.05, 3.63) is 30.1 Å². The van der Waals surface area contributed by atoms with Gasteiger partial charge in [0, 0.05) is 31.5 Å². The Kier molecular flexibility index (Phi) is 4.53. The Bertz CT molecular complexity index is 589. The van der Waals surface area contributed by atoms with Gasteiger partial charge in [-0.2, -0.15) is 0 Å². The lowest BCUT2D eigenvalue weighted by Gasteiger charge is -2.21. The Morgan fingerprint density at radius 3 is 3.05 bits per heavy atom. The zero-order valence-corrected chi connectivity index (χ0v) is 12.6. The normalized spacial score (nSPS) is 20.2. The molecule has 0 amide bonds. The minimum absolute atomic E-state index is 0.222. The molecule has 5 nitrogen and oxygen atoms in total. The Hall–Kier alpha value is -1.43. The first-order valence-corrected chi connectivity index (χ1v) is 7.81. The smallest absolute Gasteiger partial charge is 0.111 e. The third-order valence-corrected chi connectivity index (χ3v) is 4.33. The molecular weight excluding hydrogens is 264 g/mol. The van der Waals surface area contributed by atoms with Crippen molar-refractivity contribution in [3.8, 4) is 0 Å². The van der Waals surface area contributed by atoms with Crippen LogP contribution in [0, 0.1) is 5.92 Å². The van der Waals surface area contributed by atoms with Crippen LogP contribution in [-0.2, 0) is 17.7 Å². The molecule has 1 aliphatic heterocycles. The van der Waals surface area contributed by atoms with E-state index in [1.54, 1.807) is 0 Å². The largest absolute Gasteiger partial charge is 0.381 e. The summed E-state index contributed by atoms with van der Waals surface area (Å²) in [6.45, 7) is 4.83. The maximum atomic E-state index is 5.78. The van der Waals surface area contributed by atoms with Gasteiger partial charge in [-0.15, -0.1) is 0 Å². The van der Waals surface area contributed by atoms with Gasteiger partial charge in [0.15, 0.2) is 0 Å². The van der Waals surface area contributed by atoms with Crippen LogP contribution in [0.1, 0.15) is 25.6 Å². The van der Waals surface area contributed by atoms with Crippen LogP contribution in [0.5, 0.6) is 0 Å². The standard InChI is InChI=1S/C16H24N4O/c1-2-8-20-15-6-4-3-5-13(15)18-16(20)10-14(19-17)12-7-9-21-11-12/h3-6,12,14,19H,2,7-11,17H2,1H3. The molecule has 1 fully saturated rings. The SMILES string of the molecule is CCCn1c(CC(NN)C2CCOC2)nc2ccccc21. The fourth-order valence-electron chi connectivity index (χ4n) is 3.18. The number of nitrogens with one attached hydrogen (secondary N) is 1. The van der Waals surface area contributed by atoms with Crippen LogP contribution in [-0.4, -0.2) is 28.8 Å². The van der Waals surface area contributed by atoms with Crippen LogP contribution in [0.2, 0.25) is 0 Å². The van der Waals surface area contributed by atoms with Gasteiger partial charge in [0.25, 0.3) is 0 Å². The van der Waals surface area contributed by atoms with Crippen LogP contribution in [0.25, 0.3) is 11.0 Å². The average molecular weight is 288 g/mol. The monoisotopic (exact) mass is 288 g/mol. The van der Waals surface area contributed by atoms with Crippen LogP contribution < -0.4 is 11.3 Å². The van der Waals surface area contributed by atoms with E-state index in [-0.39, 0.29) is 6.04 Å². The molecule has 0 bridgehead atoms. The molecule has 0 spiro atoms. The zero-order chi connectivity index (χ0) is 14.7. The van der Waals surface area contributed by atoms with Crippen molar-refractivity contribution < 1.29 is 4.74 Å². The van der Waals surface area contributed by atoms with E-state index in [1.165, 1.54) is 5.52 Å². The molecule has 2 unspecified atom stereocenters. The van der Waals surface area contributed by atoms with E-state index in [0.717, 1.165) is 50.4 Å². The summed E-state index contributed by atoms with van der Waals surface area (Å²) in [5.74, 6) is 7.37. The van der Waals surface area contributed by atoms with Gasteiger partial charge < -0.3 is 9.30 Å². The van der Waals surface area contributed by atoms with Crippen LogP contribution in [0.15, 0.2) is 24.3 Å². The number of nitrogens with two attached hydrogens (primary N) is 1. The predicted molar refractivity (Wildman–Crippen MR) is 83.8 cm³/mol. The maximum absolute atomic E-state index is 5.78.